The summed E-state index contributed by atoms with van der Waals surface area (Å²) in [4.78, 5) is 21.4. The van der Waals surface area contributed by atoms with E-state index in [2.05, 4.69) is 15.3 Å². The molecule has 108 valence electrons. The second-order valence-corrected chi connectivity index (χ2v) is 6.80. The first-order valence-corrected chi connectivity index (χ1v) is 7.74. The Morgan fingerprint density at radius 1 is 1.45 bits per heavy atom. The minimum absolute atomic E-state index is 0.0484. The Morgan fingerprint density at radius 2 is 2.20 bits per heavy atom. The number of rotatable bonds is 4. The molecule has 0 radical (unpaired) electrons. The molecule has 2 aromatic rings. The lowest BCUT2D eigenvalue weighted by molar-refractivity contribution is 0.0429. The van der Waals surface area contributed by atoms with Gasteiger partial charge in [-0.05, 0) is 44.7 Å². The van der Waals surface area contributed by atoms with Crippen LogP contribution in [0.1, 0.15) is 29.1 Å². The molecule has 3 rings (SSSR count). The van der Waals surface area contributed by atoms with Gasteiger partial charge < -0.3 is 15.4 Å². The van der Waals surface area contributed by atoms with E-state index in [0.29, 0.717) is 18.3 Å². The lowest BCUT2D eigenvalue weighted by atomic mass is 9.82. The topological polar surface area (TPSA) is 78.0 Å². The number of aromatic amines is 1. The van der Waals surface area contributed by atoms with Crippen LogP contribution in [-0.4, -0.2) is 27.7 Å². The molecule has 5 nitrogen and oxygen atoms in total. The molecule has 0 aromatic carbocycles. The van der Waals surface area contributed by atoms with E-state index >= 15 is 0 Å². The van der Waals surface area contributed by atoms with E-state index in [9.17, 15) is 9.90 Å². The summed E-state index contributed by atoms with van der Waals surface area (Å²) in [5.41, 5.74) is 0.981. The lowest BCUT2D eigenvalue weighted by Crippen LogP contribution is -2.36. The normalized spacial score (nSPS) is 22.1. The van der Waals surface area contributed by atoms with Crippen LogP contribution < -0.4 is 10.9 Å². The number of hydrogen-bond acceptors (Lipinski definition) is 5. The average molecular weight is 293 g/mol. The van der Waals surface area contributed by atoms with Crippen LogP contribution in [0.5, 0.6) is 0 Å². The molecule has 1 aliphatic carbocycles. The first-order chi connectivity index (χ1) is 9.54. The maximum absolute atomic E-state index is 12.1. The zero-order valence-electron chi connectivity index (χ0n) is 11.7. The molecule has 0 amide bonds. The molecule has 1 aliphatic rings. The highest BCUT2D eigenvalue weighted by Gasteiger charge is 2.26. The fourth-order valence-electron chi connectivity index (χ4n) is 2.64. The Labute approximate surface area is 121 Å². The number of nitrogens with zero attached hydrogens (tertiary/aromatic N) is 1. The number of aromatic nitrogens is 2. The molecule has 0 bridgehead atoms. The van der Waals surface area contributed by atoms with Gasteiger partial charge in [-0.2, -0.15) is 0 Å². The largest absolute Gasteiger partial charge is 0.393 e. The van der Waals surface area contributed by atoms with Crippen molar-refractivity contribution in [3.05, 3.63) is 26.6 Å². The molecule has 0 spiro atoms. The second-order valence-electron chi connectivity index (χ2n) is 5.60. The summed E-state index contributed by atoms with van der Waals surface area (Å²) in [6, 6.07) is 0. The summed E-state index contributed by atoms with van der Waals surface area (Å²) in [5, 5.41) is 13.3. The van der Waals surface area contributed by atoms with Crippen LogP contribution in [0.25, 0.3) is 10.2 Å². The van der Waals surface area contributed by atoms with Crippen LogP contribution in [0.3, 0.4) is 0 Å². The highest BCUT2D eigenvalue weighted by molar-refractivity contribution is 7.18. The Morgan fingerprint density at radius 3 is 2.90 bits per heavy atom. The third-order valence-electron chi connectivity index (χ3n) is 4.02. The monoisotopic (exact) mass is 293 g/mol. The van der Waals surface area contributed by atoms with Crippen LogP contribution in [0, 0.1) is 19.8 Å². The van der Waals surface area contributed by atoms with Crippen molar-refractivity contribution in [2.45, 2.75) is 39.3 Å². The summed E-state index contributed by atoms with van der Waals surface area (Å²) < 4.78 is 0. The zero-order chi connectivity index (χ0) is 14.3. The van der Waals surface area contributed by atoms with Crippen molar-refractivity contribution in [2.24, 2.45) is 5.92 Å². The number of hydrogen-bond donors (Lipinski definition) is 3. The van der Waals surface area contributed by atoms with Gasteiger partial charge in [0, 0.05) is 4.88 Å². The minimum atomic E-state index is -0.117. The van der Waals surface area contributed by atoms with E-state index in [4.69, 9.17) is 0 Å². The lowest BCUT2D eigenvalue weighted by Gasteiger charge is -2.31. The standard InChI is InChI=1S/C14H19N3O2S/c1-7-8(2)20-14-12(7)13(19)16-11(17-14)6-15-5-9-3-10(18)4-9/h9-10,15,18H,3-6H2,1-2H3,(H,16,17,19). The first-order valence-electron chi connectivity index (χ1n) is 6.92. The van der Waals surface area contributed by atoms with Crippen molar-refractivity contribution < 1.29 is 5.11 Å². The maximum atomic E-state index is 12.1. The second kappa shape index (κ2) is 5.27. The van der Waals surface area contributed by atoms with E-state index in [1.165, 1.54) is 0 Å². The van der Waals surface area contributed by atoms with Crippen LogP contribution in [0.15, 0.2) is 4.79 Å². The Balaban J connectivity index is 1.71. The van der Waals surface area contributed by atoms with Gasteiger partial charge in [0.25, 0.3) is 5.56 Å². The van der Waals surface area contributed by atoms with Crippen molar-refractivity contribution in [3.63, 3.8) is 0 Å². The van der Waals surface area contributed by atoms with Gasteiger partial charge in [0.05, 0.1) is 18.0 Å². The Hall–Kier alpha value is -1.24. The molecule has 2 aromatic heterocycles. The predicted molar refractivity (Wildman–Crippen MR) is 80.2 cm³/mol. The van der Waals surface area contributed by atoms with Crippen molar-refractivity contribution in [1.82, 2.24) is 15.3 Å². The first kappa shape index (κ1) is 13.7. The number of aliphatic hydroxyl groups is 1. The summed E-state index contributed by atoms with van der Waals surface area (Å²) in [6.07, 6.45) is 1.63. The molecular weight excluding hydrogens is 274 g/mol. The number of fused-ring (bicyclic) bond motifs is 1. The average Bonchev–Trinajstić information content (AvgIpc) is 2.63. The third kappa shape index (κ3) is 2.51. The quantitative estimate of drug-likeness (QED) is 0.797. The zero-order valence-corrected chi connectivity index (χ0v) is 12.5. The summed E-state index contributed by atoms with van der Waals surface area (Å²) in [6.45, 7) is 5.40. The molecule has 0 unspecified atom stereocenters. The van der Waals surface area contributed by atoms with Gasteiger partial charge in [0.15, 0.2) is 0 Å². The van der Waals surface area contributed by atoms with Gasteiger partial charge in [0.2, 0.25) is 0 Å². The maximum Gasteiger partial charge on any atom is 0.259 e. The van der Waals surface area contributed by atoms with Crippen molar-refractivity contribution >= 4 is 21.6 Å². The molecule has 0 aliphatic heterocycles. The van der Waals surface area contributed by atoms with Gasteiger partial charge >= 0.3 is 0 Å². The van der Waals surface area contributed by atoms with Crippen molar-refractivity contribution in [2.75, 3.05) is 6.54 Å². The van der Waals surface area contributed by atoms with Gasteiger partial charge in [-0.1, -0.05) is 0 Å². The molecular formula is C14H19N3O2S. The predicted octanol–water partition coefficient (Wildman–Crippen LogP) is 1.46. The summed E-state index contributed by atoms with van der Waals surface area (Å²) in [5.74, 6) is 1.23. The highest BCUT2D eigenvalue weighted by Crippen LogP contribution is 2.27. The van der Waals surface area contributed by atoms with E-state index in [1.807, 2.05) is 13.8 Å². The SMILES string of the molecule is Cc1sc2nc(CNCC3CC(O)C3)[nH]c(=O)c2c1C. The van der Waals surface area contributed by atoms with Crippen LogP contribution in [-0.2, 0) is 6.54 Å². The highest BCUT2D eigenvalue weighted by atomic mass is 32.1. The van der Waals surface area contributed by atoms with Gasteiger partial charge in [0.1, 0.15) is 10.7 Å². The fourth-order valence-corrected chi connectivity index (χ4v) is 3.69. The smallest absolute Gasteiger partial charge is 0.259 e. The van der Waals surface area contributed by atoms with E-state index in [0.717, 1.165) is 40.0 Å². The molecule has 1 fully saturated rings. The third-order valence-corrected chi connectivity index (χ3v) is 5.13. The van der Waals surface area contributed by atoms with Gasteiger partial charge in [-0.3, -0.25) is 4.79 Å². The van der Waals surface area contributed by atoms with Gasteiger partial charge in [-0.15, -0.1) is 11.3 Å². The molecule has 1 saturated carbocycles. The van der Waals surface area contributed by atoms with E-state index in [-0.39, 0.29) is 11.7 Å². The van der Waals surface area contributed by atoms with E-state index in [1.54, 1.807) is 11.3 Å². The van der Waals surface area contributed by atoms with Crippen molar-refractivity contribution in [3.8, 4) is 0 Å². The number of aliphatic hydroxyl groups excluding tert-OH is 1. The Bertz CT molecular complexity index is 686. The number of H-pyrrole nitrogens is 1. The molecule has 2 heterocycles. The van der Waals surface area contributed by atoms with Crippen LogP contribution in [0.4, 0.5) is 0 Å². The molecule has 6 heteroatoms. The van der Waals surface area contributed by atoms with Crippen LogP contribution >= 0.6 is 11.3 Å². The van der Waals surface area contributed by atoms with Crippen LogP contribution in [0.2, 0.25) is 0 Å². The number of thiophene rings is 1. The van der Waals surface area contributed by atoms with E-state index < -0.39 is 0 Å². The Kier molecular flexibility index (Phi) is 3.62. The number of aryl methyl sites for hydroxylation is 2. The molecule has 3 N–H and O–H groups in total. The number of nitrogens with one attached hydrogen (secondary N) is 2. The van der Waals surface area contributed by atoms with Crippen molar-refractivity contribution in [1.29, 1.82) is 0 Å². The molecule has 0 atom stereocenters. The minimum Gasteiger partial charge on any atom is -0.393 e. The molecule has 20 heavy (non-hydrogen) atoms. The summed E-state index contributed by atoms with van der Waals surface area (Å²) in [7, 11) is 0. The summed E-state index contributed by atoms with van der Waals surface area (Å²) >= 11 is 1.57. The van der Waals surface area contributed by atoms with Gasteiger partial charge in [-0.25, -0.2) is 4.98 Å². The molecule has 0 saturated heterocycles. The fraction of sp³-hybridized carbons (Fsp3) is 0.571.